The van der Waals surface area contributed by atoms with Crippen molar-refractivity contribution in [1.82, 2.24) is 24.7 Å². The molecule has 49 heavy (non-hydrogen) atoms. The van der Waals surface area contributed by atoms with E-state index in [2.05, 4.69) is 50.5 Å². The number of likely N-dealkylation sites (tertiary alicyclic amines) is 2. The molecule has 3 aliphatic heterocycles. The highest BCUT2D eigenvalue weighted by molar-refractivity contribution is 6.31. The summed E-state index contributed by atoms with van der Waals surface area (Å²) in [7, 11) is 0. The van der Waals surface area contributed by atoms with E-state index in [0.29, 0.717) is 29.3 Å². The molecule has 0 spiro atoms. The molecule has 1 aromatic heterocycles. The van der Waals surface area contributed by atoms with Gasteiger partial charge in [0.1, 0.15) is 18.0 Å². The molecule has 1 unspecified atom stereocenters. The third-order valence-corrected chi connectivity index (χ3v) is 10.1. The van der Waals surface area contributed by atoms with Gasteiger partial charge in [-0.2, -0.15) is 0 Å². The van der Waals surface area contributed by atoms with E-state index in [1.165, 1.54) is 6.42 Å². The second kappa shape index (κ2) is 14.5. The van der Waals surface area contributed by atoms with E-state index >= 15 is 0 Å². The first-order chi connectivity index (χ1) is 23.4. The maximum absolute atomic E-state index is 12.3. The molecule has 0 radical (unpaired) electrons. The lowest BCUT2D eigenvalue weighted by Crippen LogP contribution is -2.55. The molecule has 1 amide bonds. The van der Waals surface area contributed by atoms with Gasteiger partial charge in [-0.25, -0.2) is 19.6 Å². The van der Waals surface area contributed by atoms with Gasteiger partial charge < -0.3 is 24.2 Å². The summed E-state index contributed by atoms with van der Waals surface area (Å²) in [6, 6.07) is 16.1. The van der Waals surface area contributed by atoms with Gasteiger partial charge in [0.15, 0.2) is 5.69 Å². The SMILES string of the molecule is [C-]#[N+]c1cc(Cl)cc(C(C)(C)c2ccc(OCc3ccnc(N4CCN(C5CCN(CC6CN(C(=O)OC(C)(C)C)C6)C5)CC4)n3)cc2)c1. The molecule has 0 aliphatic carbocycles. The molecule has 3 aliphatic rings. The largest absolute Gasteiger partial charge is 0.487 e. The zero-order valence-corrected chi connectivity index (χ0v) is 30.1. The third-order valence-electron chi connectivity index (χ3n) is 9.88. The molecule has 260 valence electrons. The number of hydrogen-bond acceptors (Lipinski definition) is 8. The Hall–Kier alpha value is -3.91. The van der Waals surface area contributed by atoms with Crippen molar-refractivity contribution in [3.63, 3.8) is 0 Å². The van der Waals surface area contributed by atoms with Gasteiger partial charge in [-0.3, -0.25) is 4.90 Å². The summed E-state index contributed by atoms with van der Waals surface area (Å²) in [5, 5.41) is 0.569. The number of piperazine rings is 1. The van der Waals surface area contributed by atoms with Crippen LogP contribution in [0.25, 0.3) is 4.85 Å². The number of benzene rings is 2. The van der Waals surface area contributed by atoms with E-state index in [4.69, 9.17) is 32.6 Å². The molecular weight excluding hydrogens is 638 g/mol. The summed E-state index contributed by atoms with van der Waals surface area (Å²) in [6.07, 6.45) is 2.82. The molecular formula is C38H48ClN7O3. The van der Waals surface area contributed by atoms with Crippen LogP contribution in [0, 0.1) is 12.5 Å². The van der Waals surface area contributed by atoms with E-state index < -0.39 is 5.60 Å². The lowest BCUT2D eigenvalue weighted by Gasteiger charge is -2.41. The van der Waals surface area contributed by atoms with Crippen LogP contribution in [0.5, 0.6) is 5.75 Å². The summed E-state index contributed by atoms with van der Waals surface area (Å²) < 4.78 is 11.6. The van der Waals surface area contributed by atoms with Crippen LogP contribution in [-0.4, -0.2) is 101 Å². The zero-order valence-electron chi connectivity index (χ0n) is 29.4. The third kappa shape index (κ3) is 8.64. The summed E-state index contributed by atoms with van der Waals surface area (Å²) >= 11 is 6.30. The van der Waals surface area contributed by atoms with Crippen molar-refractivity contribution >= 4 is 29.3 Å². The lowest BCUT2D eigenvalue weighted by molar-refractivity contribution is -0.00559. The molecule has 10 nitrogen and oxygen atoms in total. The fourth-order valence-electron chi connectivity index (χ4n) is 7.00. The van der Waals surface area contributed by atoms with Crippen molar-refractivity contribution in [1.29, 1.82) is 0 Å². The fraction of sp³-hybridized carbons (Fsp3) is 0.526. The Morgan fingerprint density at radius 2 is 1.69 bits per heavy atom. The van der Waals surface area contributed by atoms with Gasteiger partial charge in [-0.1, -0.05) is 43.6 Å². The topological polar surface area (TPSA) is 78.6 Å². The van der Waals surface area contributed by atoms with Gasteiger partial charge >= 0.3 is 6.09 Å². The van der Waals surface area contributed by atoms with Gasteiger partial charge in [0, 0.05) is 81.0 Å². The highest BCUT2D eigenvalue weighted by atomic mass is 35.5. The van der Waals surface area contributed by atoms with Crippen LogP contribution in [0.2, 0.25) is 5.02 Å². The minimum Gasteiger partial charge on any atom is -0.487 e. The Morgan fingerprint density at radius 3 is 2.39 bits per heavy atom. The number of aromatic nitrogens is 2. The molecule has 1 atom stereocenters. The molecule has 0 N–H and O–H groups in total. The van der Waals surface area contributed by atoms with Crippen LogP contribution < -0.4 is 9.64 Å². The Labute approximate surface area is 295 Å². The molecule has 11 heteroatoms. The predicted octanol–water partition coefficient (Wildman–Crippen LogP) is 6.65. The summed E-state index contributed by atoms with van der Waals surface area (Å²) in [5.41, 5.74) is 2.72. The standard InChI is InChI=1S/C38H48ClN7O3/c1-37(2,3)49-36(47)46-23-27(24-46)22-43-14-12-33(25-43)44-15-17-45(18-16-44)35-41-13-11-31(42-35)26-48-34-9-7-28(8-10-34)38(4,5)29-19-30(39)21-32(20-29)40-6/h7-11,13,19-21,27,33H,12,14-18,22-26H2,1-5H3. The van der Waals surface area contributed by atoms with Crippen molar-refractivity contribution < 1.29 is 14.3 Å². The Morgan fingerprint density at radius 1 is 0.959 bits per heavy atom. The van der Waals surface area contributed by atoms with Crippen molar-refractivity contribution in [2.45, 2.75) is 64.7 Å². The van der Waals surface area contributed by atoms with E-state index in [1.807, 2.05) is 62.2 Å². The number of halogens is 1. The average molecular weight is 686 g/mol. The number of ether oxygens (including phenoxy) is 2. The number of anilines is 1. The first-order valence-electron chi connectivity index (χ1n) is 17.3. The van der Waals surface area contributed by atoms with Gasteiger partial charge in [0.2, 0.25) is 5.95 Å². The number of carbonyl (C=O) groups excluding carboxylic acids is 1. The normalized spacial score (nSPS) is 19.4. The van der Waals surface area contributed by atoms with Crippen LogP contribution in [0.4, 0.5) is 16.4 Å². The quantitative estimate of drug-likeness (QED) is 0.232. The van der Waals surface area contributed by atoms with E-state index in [0.717, 1.165) is 87.4 Å². The number of hydrogen-bond donors (Lipinski definition) is 0. The monoisotopic (exact) mass is 685 g/mol. The summed E-state index contributed by atoms with van der Waals surface area (Å²) in [6.45, 7) is 26.4. The van der Waals surface area contributed by atoms with Crippen LogP contribution in [0.1, 0.15) is 57.9 Å². The average Bonchev–Trinajstić information content (AvgIpc) is 3.53. The minimum absolute atomic E-state index is 0.193. The van der Waals surface area contributed by atoms with Gasteiger partial charge in [-0.05, 0) is 75.2 Å². The lowest BCUT2D eigenvalue weighted by atomic mass is 9.78. The number of rotatable bonds is 9. The van der Waals surface area contributed by atoms with Crippen molar-refractivity contribution in [2.75, 3.05) is 63.8 Å². The van der Waals surface area contributed by atoms with Crippen molar-refractivity contribution in [3.05, 3.63) is 88.0 Å². The predicted molar refractivity (Wildman–Crippen MR) is 193 cm³/mol. The van der Waals surface area contributed by atoms with Crippen LogP contribution in [0.3, 0.4) is 0 Å². The second-order valence-electron chi connectivity index (χ2n) is 15.1. The Bertz CT molecular complexity index is 1650. The second-order valence-corrected chi connectivity index (χ2v) is 15.5. The maximum atomic E-state index is 12.3. The van der Waals surface area contributed by atoms with Crippen LogP contribution >= 0.6 is 11.6 Å². The van der Waals surface area contributed by atoms with E-state index in [1.54, 1.807) is 6.07 Å². The highest BCUT2D eigenvalue weighted by Gasteiger charge is 2.37. The molecule has 0 saturated carbocycles. The number of nitrogens with zero attached hydrogens (tertiary/aromatic N) is 7. The molecule has 3 saturated heterocycles. The highest BCUT2D eigenvalue weighted by Crippen LogP contribution is 2.36. The van der Waals surface area contributed by atoms with Crippen LogP contribution in [0.15, 0.2) is 54.7 Å². The maximum Gasteiger partial charge on any atom is 0.410 e. The van der Waals surface area contributed by atoms with Gasteiger partial charge in [0.05, 0.1) is 12.3 Å². The van der Waals surface area contributed by atoms with Gasteiger partial charge in [0.25, 0.3) is 0 Å². The molecule has 3 fully saturated rings. The molecule has 6 rings (SSSR count). The first-order valence-corrected chi connectivity index (χ1v) is 17.7. The smallest absolute Gasteiger partial charge is 0.410 e. The minimum atomic E-state index is -0.448. The van der Waals surface area contributed by atoms with Gasteiger partial charge in [-0.15, -0.1) is 0 Å². The molecule has 4 heterocycles. The van der Waals surface area contributed by atoms with Crippen molar-refractivity contribution in [3.8, 4) is 5.75 Å². The van der Waals surface area contributed by atoms with E-state index in [-0.39, 0.29) is 11.5 Å². The Balaban J connectivity index is 0.946. The molecule has 3 aromatic rings. The zero-order chi connectivity index (χ0) is 34.8. The summed E-state index contributed by atoms with van der Waals surface area (Å²) in [5.74, 6) is 2.05. The first kappa shape index (κ1) is 34.9. The summed E-state index contributed by atoms with van der Waals surface area (Å²) in [4.78, 5) is 34.6. The van der Waals surface area contributed by atoms with Crippen molar-refractivity contribution in [2.24, 2.45) is 5.92 Å². The number of amides is 1. The number of carbonyl (C=O) groups is 1. The van der Waals surface area contributed by atoms with E-state index in [9.17, 15) is 4.79 Å². The Kier molecular flexibility index (Phi) is 10.4. The molecule has 2 aromatic carbocycles. The fourth-order valence-corrected chi connectivity index (χ4v) is 7.23. The van der Waals surface area contributed by atoms with Crippen LogP contribution in [-0.2, 0) is 16.8 Å². The molecule has 0 bridgehead atoms.